The molecule has 8 heteroatoms. The number of nitriles is 1. The van der Waals surface area contributed by atoms with Crippen molar-refractivity contribution in [1.29, 1.82) is 5.26 Å². The van der Waals surface area contributed by atoms with E-state index in [0.29, 0.717) is 48.7 Å². The van der Waals surface area contributed by atoms with E-state index in [1.807, 2.05) is 24.3 Å². The highest BCUT2D eigenvalue weighted by Gasteiger charge is 2.58. The molecule has 1 aromatic rings. The first-order valence-electron chi connectivity index (χ1n) is 10.8. The molecule has 0 bridgehead atoms. The third-order valence-corrected chi connectivity index (χ3v) is 6.88. The quantitative estimate of drug-likeness (QED) is 0.766. The van der Waals surface area contributed by atoms with Gasteiger partial charge in [0.15, 0.2) is 11.5 Å². The van der Waals surface area contributed by atoms with Crippen molar-refractivity contribution < 1.29 is 19.0 Å². The van der Waals surface area contributed by atoms with E-state index < -0.39 is 11.1 Å². The van der Waals surface area contributed by atoms with Crippen LogP contribution in [0.25, 0.3) is 0 Å². The third-order valence-electron chi connectivity index (χ3n) is 6.88. The Bertz CT molecular complexity index is 1110. The molecule has 5 rings (SSSR count). The average Bonchev–Trinajstić information content (AvgIpc) is 3.02. The predicted octanol–water partition coefficient (Wildman–Crippen LogP) is 2.47. The zero-order chi connectivity index (χ0) is 22.5. The maximum absolute atomic E-state index is 13.5. The summed E-state index contributed by atoms with van der Waals surface area (Å²) in [5, 5.41) is 9.45. The van der Waals surface area contributed by atoms with Gasteiger partial charge in [-0.05, 0) is 49.1 Å². The monoisotopic (exact) mass is 434 g/mol. The molecule has 3 atom stereocenters. The van der Waals surface area contributed by atoms with Crippen LogP contribution < -0.4 is 10.5 Å². The number of benzene rings is 1. The van der Waals surface area contributed by atoms with Crippen molar-refractivity contribution in [2.24, 2.45) is 10.7 Å². The topological polar surface area (TPSA) is 110 Å². The Morgan fingerprint density at radius 3 is 2.91 bits per heavy atom. The van der Waals surface area contributed by atoms with E-state index >= 15 is 0 Å². The van der Waals surface area contributed by atoms with Gasteiger partial charge in [0.25, 0.3) is 5.91 Å². The van der Waals surface area contributed by atoms with Crippen LogP contribution in [0.1, 0.15) is 42.7 Å². The predicted molar refractivity (Wildman–Crippen MR) is 117 cm³/mol. The van der Waals surface area contributed by atoms with Crippen LogP contribution in [0.4, 0.5) is 0 Å². The lowest BCUT2D eigenvalue weighted by molar-refractivity contribution is -0.139. The molecule has 32 heavy (non-hydrogen) atoms. The Morgan fingerprint density at radius 2 is 2.25 bits per heavy atom. The van der Waals surface area contributed by atoms with Crippen LogP contribution in [0, 0.1) is 11.3 Å². The lowest BCUT2D eigenvalue weighted by Gasteiger charge is -2.46. The standard InChI is InChI=1S/C24H26N4O4/c1-28-21(29)24(27-22(28)26)13-23(6-3-7-31-14-23)32-20-5-4-16(11-19(20)24)17-8-15(12-25)9-18(10-17)30-2/h4-5,9-11,17H,3,6-8,13-14H2,1-2H3,(H2,26,27). The number of hydrogen-bond donors (Lipinski definition) is 1. The molecule has 0 aromatic heterocycles. The minimum atomic E-state index is -1.14. The summed E-state index contributed by atoms with van der Waals surface area (Å²) in [7, 11) is 3.24. The van der Waals surface area contributed by atoms with Gasteiger partial charge in [0.05, 0.1) is 19.8 Å². The highest BCUT2D eigenvalue weighted by atomic mass is 16.5. The third kappa shape index (κ3) is 3.07. The molecule has 1 aliphatic carbocycles. The molecule has 4 aliphatic rings. The summed E-state index contributed by atoms with van der Waals surface area (Å²) < 4.78 is 17.6. The minimum absolute atomic E-state index is 0.0589. The maximum Gasteiger partial charge on any atom is 0.261 e. The number of nitrogens with zero attached hydrogens (tertiary/aromatic N) is 3. The molecule has 2 N–H and O–H groups in total. The number of methoxy groups -OCH3 is 1. The number of carbonyl (C=O) groups is 1. The zero-order valence-electron chi connectivity index (χ0n) is 18.3. The van der Waals surface area contributed by atoms with Crippen molar-refractivity contribution in [3.05, 3.63) is 52.8 Å². The highest BCUT2D eigenvalue weighted by Crippen LogP contribution is 2.52. The lowest BCUT2D eigenvalue weighted by Crippen LogP contribution is -2.55. The number of allylic oxidation sites excluding steroid dienone is 3. The molecule has 166 valence electrons. The number of likely N-dealkylation sites (N-methyl/N-ethyl adjacent to an activating group) is 1. The number of fused-ring (bicyclic) bond motifs is 2. The van der Waals surface area contributed by atoms with Crippen molar-refractivity contribution in [3.63, 3.8) is 0 Å². The summed E-state index contributed by atoms with van der Waals surface area (Å²) >= 11 is 0. The molecular weight excluding hydrogens is 408 g/mol. The molecule has 3 aliphatic heterocycles. The second kappa shape index (κ2) is 7.38. The van der Waals surface area contributed by atoms with Gasteiger partial charge in [0, 0.05) is 37.1 Å². The van der Waals surface area contributed by atoms with Gasteiger partial charge in [-0.2, -0.15) is 5.26 Å². The number of aliphatic imine (C=N–C) groups is 1. The molecule has 1 amide bonds. The van der Waals surface area contributed by atoms with Gasteiger partial charge < -0.3 is 19.9 Å². The van der Waals surface area contributed by atoms with E-state index in [2.05, 4.69) is 6.07 Å². The second-order valence-electron chi connectivity index (χ2n) is 8.93. The molecule has 1 fully saturated rings. The first-order valence-corrected chi connectivity index (χ1v) is 10.8. The number of carbonyl (C=O) groups excluding carboxylic acids is 1. The zero-order valence-corrected chi connectivity index (χ0v) is 18.3. The van der Waals surface area contributed by atoms with Crippen LogP contribution in [-0.2, 0) is 19.8 Å². The fraction of sp³-hybridized carbons (Fsp3) is 0.458. The number of rotatable bonds is 2. The highest BCUT2D eigenvalue weighted by molar-refractivity contribution is 6.07. The molecule has 3 unspecified atom stereocenters. The van der Waals surface area contributed by atoms with Crippen LogP contribution in [0.2, 0.25) is 0 Å². The van der Waals surface area contributed by atoms with E-state index in [9.17, 15) is 10.1 Å². The van der Waals surface area contributed by atoms with Gasteiger partial charge in [-0.25, -0.2) is 4.99 Å². The molecule has 0 saturated carbocycles. The fourth-order valence-electron chi connectivity index (χ4n) is 5.25. The van der Waals surface area contributed by atoms with Gasteiger partial charge >= 0.3 is 0 Å². The van der Waals surface area contributed by atoms with E-state index in [1.165, 1.54) is 4.90 Å². The van der Waals surface area contributed by atoms with Crippen LogP contribution in [0.5, 0.6) is 5.75 Å². The van der Waals surface area contributed by atoms with E-state index in [4.69, 9.17) is 24.9 Å². The molecule has 2 spiro atoms. The summed E-state index contributed by atoms with van der Waals surface area (Å²) in [6.45, 7) is 1.11. The largest absolute Gasteiger partial charge is 0.497 e. The summed E-state index contributed by atoms with van der Waals surface area (Å²) in [5.74, 6) is 1.27. The van der Waals surface area contributed by atoms with Crippen molar-refractivity contribution in [3.8, 4) is 11.8 Å². The number of amides is 1. The van der Waals surface area contributed by atoms with Crippen molar-refractivity contribution in [1.82, 2.24) is 4.90 Å². The van der Waals surface area contributed by atoms with Gasteiger partial charge in [-0.15, -0.1) is 0 Å². The summed E-state index contributed by atoms with van der Waals surface area (Å²) in [6, 6.07) is 8.11. The first-order chi connectivity index (χ1) is 15.4. The molecule has 3 heterocycles. The first kappa shape index (κ1) is 20.6. The van der Waals surface area contributed by atoms with Crippen LogP contribution in [-0.4, -0.2) is 49.7 Å². The van der Waals surface area contributed by atoms with Crippen LogP contribution in [0.15, 0.2) is 46.7 Å². The molecule has 8 nitrogen and oxygen atoms in total. The average molecular weight is 434 g/mol. The van der Waals surface area contributed by atoms with Gasteiger partial charge in [-0.1, -0.05) is 6.07 Å². The Kier molecular flexibility index (Phi) is 4.75. The number of guanidine groups is 1. The Labute approximate surface area is 186 Å². The van der Waals surface area contributed by atoms with Crippen LogP contribution >= 0.6 is 0 Å². The van der Waals surface area contributed by atoms with Crippen molar-refractivity contribution in [2.45, 2.75) is 42.7 Å². The Balaban J connectivity index is 1.62. The normalized spacial score (nSPS) is 31.4. The smallest absolute Gasteiger partial charge is 0.261 e. The summed E-state index contributed by atoms with van der Waals surface area (Å²) in [4.78, 5) is 19.6. The summed E-state index contributed by atoms with van der Waals surface area (Å²) in [5.41, 5.74) is 6.69. The van der Waals surface area contributed by atoms with Gasteiger partial charge in [0.2, 0.25) is 0 Å². The van der Waals surface area contributed by atoms with Crippen molar-refractivity contribution >= 4 is 11.9 Å². The maximum atomic E-state index is 13.5. The SMILES string of the molecule is COC1=CC(c2ccc3c(c2)C2(CC4(CCCOC4)O3)N=C(N)N(C)C2=O)CC(C#N)=C1. The molecule has 0 radical (unpaired) electrons. The molecule has 1 saturated heterocycles. The van der Waals surface area contributed by atoms with E-state index in [-0.39, 0.29) is 17.8 Å². The number of ether oxygens (including phenoxy) is 3. The van der Waals surface area contributed by atoms with E-state index in [0.717, 1.165) is 18.4 Å². The summed E-state index contributed by atoms with van der Waals surface area (Å²) in [6.07, 6.45) is 6.35. The molecular formula is C24H26N4O4. The number of nitrogens with two attached hydrogens (primary N) is 1. The second-order valence-corrected chi connectivity index (χ2v) is 8.93. The lowest BCUT2D eigenvalue weighted by atomic mass is 9.73. The van der Waals surface area contributed by atoms with Crippen LogP contribution in [0.3, 0.4) is 0 Å². The Hall–Kier alpha value is -3.31. The van der Waals surface area contributed by atoms with Crippen molar-refractivity contribution in [2.75, 3.05) is 27.4 Å². The van der Waals surface area contributed by atoms with Gasteiger partial charge in [-0.3, -0.25) is 9.69 Å². The minimum Gasteiger partial charge on any atom is -0.497 e. The fourth-order valence-corrected chi connectivity index (χ4v) is 5.25. The van der Waals surface area contributed by atoms with E-state index in [1.54, 1.807) is 20.2 Å². The molecule has 1 aromatic carbocycles. The number of hydrogen-bond acceptors (Lipinski definition) is 7. The Morgan fingerprint density at radius 1 is 1.41 bits per heavy atom. The van der Waals surface area contributed by atoms with Gasteiger partial charge in [0.1, 0.15) is 17.1 Å².